The van der Waals surface area contributed by atoms with E-state index in [1.165, 1.54) is 7.11 Å². The predicted molar refractivity (Wildman–Crippen MR) is 123 cm³/mol. The van der Waals surface area contributed by atoms with Crippen LogP contribution in [0.4, 0.5) is 0 Å². The molecule has 3 rings (SSSR count). The fraction of sp³-hybridized carbons (Fsp3) is 0.333. The number of aromatic amines is 1. The molecule has 0 radical (unpaired) electrons. The maximum Gasteiger partial charge on any atom is 0.273 e. The van der Waals surface area contributed by atoms with Crippen molar-refractivity contribution in [2.45, 2.75) is 26.3 Å². The van der Waals surface area contributed by atoms with E-state index in [0.717, 1.165) is 5.56 Å². The Hall–Kier alpha value is -3.72. The number of rotatable bonds is 12. The summed E-state index contributed by atoms with van der Waals surface area (Å²) in [5.74, 6) is 1.21. The standard InChI is InChI=1S/C24H28N4O5/c1-3-32-13-14-33-20-11-9-18(15-21(20)31-2)23-26-24(30)19(27-28-23)10-12-22(29)25-16-17-7-5-4-6-8-17/h4-9,11,15H,3,10,12-14,16H2,1-2H3,(H,25,29)(H,26,28,30). The molecule has 0 aliphatic heterocycles. The number of benzene rings is 2. The van der Waals surface area contributed by atoms with Crippen molar-refractivity contribution in [1.82, 2.24) is 20.5 Å². The molecule has 0 aliphatic rings. The second-order valence-corrected chi connectivity index (χ2v) is 7.12. The summed E-state index contributed by atoms with van der Waals surface area (Å²) in [6, 6.07) is 14.8. The van der Waals surface area contributed by atoms with Crippen molar-refractivity contribution in [2.24, 2.45) is 0 Å². The minimum Gasteiger partial charge on any atom is -0.493 e. The van der Waals surface area contributed by atoms with Crippen molar-refractivity contribution in [1.29, 1.82) is 0 Å². The Morgan fingerprint density at radius 1 is 1.06 bits per heavy atom. The third-order valence-corrected chi connectivity index (χ3v) is 4.81. The van der Waals surface area contributed by atoms with Crippen molar-refractivity contribution in [3.8, 4) is 22.9 Å². The van der Waals surface area contributed by atoms with E-state index >= 15 is 0 Å². The smallest absolute Gasteiger partial charge is 0.273 e. The zero-order valence-electron chi connectivity index (χ0n) is 18.8. The molecule has 0 unspecified atom stereocenters. The van der Waals surface area contributed by atoms with Gasteiger partial charge < -0.3 is 24.5 Å². The van der Waals surface area contributed by atoms with Gasteiger partial charge in [0.2, 0.25) is 5.91 Å². The van der Waals surface area contributed by atoms with E-state index in [2.05, 4.69) is 20.5 Å². The molecular weight excluding hydrogens is 424 g/mol. The first kappa shape index (κ1) is 23.9. The number of carbonyl (C=O) groups is 1. The molecule has 0 spiro atoms. The molecule has 1 aromatic heterocycles. The molecule has 174 valence electrons. The minimum absolute atomic E-state index is 0.144. The molecule has 0 saturated heterocycles. The van der Waals surface area contributed by atoms with E-state index in [0.29, 0.717) is 49.3 Å². The average Bonchev–Trinajstić information content (AvgIpc) is 2.85. The molecule has 3 aromatic rings. The van der Waals surface area contributed by atoms with Crippen LogP contribution in [0.1, 0.15) is 24.6 Å². The van der Waals surface area contributed by atoms with Crippen LogP contribution in [0.3, 0.4) is 0 Å². The predicted octanol–water partition coefficient (Wildman–Crippen LogP) is 2.50. The SMILES string of the molecule is CCOCCOc1ccc(-c2nnc(CCC(=O)NCc3ccccc3)c(=O)[nH]2)cc1OC. The van der Waals surface area contributed by atoms with Crippen LogP contribution in [0.25, 0.3) is 11.4 Å². The van der Waals surface area contributed by atoms with Gasteiger partial charge in [-0.25, -0.2) is 0 Å². The van der Waals surface area contributed by atoms with Gasteiger partial charge in [0.1, 0.15) is 12.3 Å². The molecule has 9 heteroatoms. The highest BCUT2D eigenvalue weighted by Crippen LogP contribution is 2.31. The summed E-state index contributed by atoms with van der Waals surface area (Å²) in [7, 11) is 1.54. The number of amides is 1. The summed E-state index contributed by atoms with van der Waals surface area (Å²) in [5.41, 5.74) is 1.46. The Bertz CT molecular complexity index is 1100. The van der Waals surface area contributed by atoms with Crippen molar-refractivity contribution >= 4 is 5.91 Å². The van der Waals surface area contributed by atoms with Crippen LogP contribution in [0, 0.1) is 0 Å². The third-order valence-electron chi connectivity index (χ3n) is 4.81. The maximum atomic E-state index is 12.5. The molecule has 2 N–H and O–H groups in total. The molecule has 0 fully saturated rings. The van der Waals surface area contributed by atoms with E-state index in [-0.39, 0.29) is 30.0 Å². The van der Waals surface area contributed by atoms with Crippen LogP contribution in [0.15, 0.2) is 53.3 Å². The maximum absolute atomic E-state index is 12.5. The van der Waals surface area contributed by atoms with Gasteiger partial charge in [0.15, 0.2) is 17.3 Å². The van der Waals surface area contributed by atoms with Crippen LogP contribution < -0.4 is 20.3 Å². The largest absolute Gasteiger partial charge is 0.493 e. The van der Waals surface area contributed by atoms with Crippen molar-refractivity contribution < 1.29 is 19.0 Å². The number of hydrogen-bond donors (Lipinski definition) is 2. The Morgan fingerprint density at radius 2 is 1.88 bits per heavy atom. The van der Waals surface area contributed by atoms with Gasteiger partial charge in [0, 0.05) is 31.6 Å². The number of aryl methyl sites for hydroxylation is 1. The lowest BCUT2D eigenvalue weighted by atomic mass is 10.2. The lowest BCUT2D eigenvalue weighted by Gasteiger charge is -2.12. The second-order valence-electron chi connectivity index (χ2n) is 7.12. The summed E-state index contributed by atoms with van der Waals surface area (Å²) in [6.45, 7) is 3.86. The van der Waals surface area contributed by atoms with Gasteiger partial charge >= 0.3 is 0 Å². The molecule has 1 heterocycles. The van der Waals surface area contributed by atoms with E-state index in [1.807, 2.05) is 37.3 Å². The van der Waals surface area contributed by atoms with E-state index in [1.54, 1.807) is 18.2 Å². The topological polar surface area (TPSA) is 115 Å². The number of ether oxygens (including phenoxy) is 3. The van der Waals surface area contributed by atoms with Gasteiger partial charge in [-0.15, -0.1) is 10.2 Å². The summed E-state index contributed by atoms with van der Waals surface area (Å²) >= 11 is 0. The highest BCUT2D eigenvalue weighted by molar-refractivity contribution is 5.76. The average molecular weight is 453 g/mol. The quantitative estimate of drug-likeness (QED) is 0.406. The number of methoxy groups -OCH3 is 1. The van der Waals surface area contributed by atoms with Gasteiger partial charge in [0.05, 0.1) is 13.7 Å². The fourth-order valence-electron chi connectivity index (χ4n) is 3.06. The molecular formula is C24H28N4O5. The van der Waals surface area contributed by atoms with E-state index < -0.39 is 0 Å². The lowest BCUT2D eigenvalue weighted by molar-refractivity contribution is -0.121. The first-order chi connectivity index (χ1) is 16.1. The van der Waals surface area contributed by atoms with Gasteiger partial charge in [-0.05, 0) is 30.7 Å². The number of aromatic nitrogens is 3. The molecule has 9 nitrogen and oxygen atoms in total. The Labute approximate surface area is 192 Å². The van der Waals surface area contributed by atoms with Gasteiger partial charge in [-0.1, -0.05) is 30.3 Å². The van der Waals surface area contributed by atoms with Gasteiger partial charge in [-0.2, -0.15) is 0 Å². The summed E-state index contributed by atoms with van der Waals surface area (Å²) < 4.78 is 16.3. The number of hydrogen-bond acceptors (Lipinski definition) is 7. The number of carbonyl (C=O) groups excluding carboxylic acids is 1. The molecule has 0 aliphatic carbocycles. The first-order valence-corrected chi connectivity index (χ1v) is 10.8. The zero-order chi connectivity index (χ0) is 23.5. The highest BCUT2D eigenvalue weighted by atomic mass is 16.5. The minimum atomic E-state index is -0.383. The number of nitrogens with one attached hydrogen (secondary N) is 2. The summed E-state index contributed by atoms with van der Waals surface area (Å²) in [4.78, 5) is 27.3. The van der Waals surface area contributed by atoms with E-state index in [4.69, 9.17) is 14.2 Å². The normalized spacial score (nSPS) is 10.6. The number of nitrogens with zero attached hydrogens (tertiary/aromatic N) is 2. The molecule has 1 amide bonds. The van der Waals surface area contributed by atoms with Crippen LogP contribution in [-0.2, 0) is 22.5 Å². The van der Waals surface area contributed by atoms with Crippen LogP contribution in [-0.4, -0.2) is 48.0 Å². The summed E-state index contributed by atoms with van der Waals surface area (Å²) in [6.07, 6.45) is 0.338. The Morgan fingerprint density at radius 3 is 2.61 bits per heavy atom. The van der Waals surface area contributed by atoms with Crippen LogP contribution in [0.2, 0.25) is 0 Å². The fourth-order valence-corrected chi connectivity index (χ4v) is 3.06. The summed E-state index contributed by atoms with van der Waals surface area (Å²) in [5, 5.41) is 11.0. The molecule has 0 atom stereocenters. The van der Waals surface area contributed by atoms with Crippen LogP contribution >= 0.6 is 0 Å². The second kappa shape index (κ2) is 12.4. The van der Waals surface area contributed by atoms with Crippen molar-refractivity contribution in [3.05, 3.63) is 70.1 Å². The number of H-pyrrole nitrogens is 1. The molecule has 0 saturated carbocycles. The third kappa shape index (κ3) is 7.15. The van der Waals surface area contributed by atoms with E-state index in [9.17, 15) is 9.59 Å². The van der Waals surface area contributed by atoms with Gasteiger partial charge in [0.25, 0.3) is 5.56 Å². The lowest BCUT2D eigenvalue weighted by Crippen LogP contribution is -2.25. The Kier molecular flexibility index (Phi) is 8.96. The van der Waals surface area contributed by atoms with Gasteiger partial charge in [-0.3, -0.25) is 9.59 Å². The van der Waals surface area contributed by atoms with Crippen LogP contribution in [0.5, 0.6) is 11.5 Å². The molecule has 33 heavy (non-hydrogen) atoms. The Balaban J connectivity index is 1.59. The molecule has 0 bridgehead atoms. The van der Waals surface area contributed by atoms with Crippen molar-refractivity contribution in [2.75, 3.05) is 26.9 Å². The highest BCUT2D eigenvalue weighted by Gasteiger charge is 2.12. The monoisotopic (exact) mass is 452 g/mol. The van der Waals surface area contributed by atoms with Crippen molar-refractivity contribution in [3.63, 3.8) is 0 Å². The zero-order valence-corrected chi connectivity index (χ0v) is 18.8. The first-order valence-electron chi connectivity index (χ1n) is 10.8. The molecule has 2 aromatic carbocycles.